The summed E-state index contributed by atoms with van der Waals surface area (Å²) < 4.78 is 50.2. The van der Waals surface area contributed by atoms with Gasteiger partial charge in [-0.2, -0.15) is 8.42 Å². The highest BCUT2D eigenvalue weighted by molar-refractivity contribution is 7.84. The Labute approximate surface area is 84.3 Å². The quantitative estimate of drug-likeness (QED) is 0.798. The number of nitrogens with two attached hydrogens (primary N) is 1. The van der Waals surface area contributed by atoms with Crippen LogP contribution >= 0.6 is 0 Å². The van der Waals surface area contributed by atoms with Gasteiger partial charge in [-0.25, -0.2) is 13.9 Å². The number of halogens is 2. The lowest BCUT2D eigenvalue weighted by Crippen LogP contribution is -2.15. The van der Waals surface area contributed by atoms with Crippen molar-refractivity contribution in [3.8, 4) is 5.75 Å². The van der Waals surface area contributed by atoms with Crippen molar-refractivity contribution >= 4 is 10.3 Å². The molecule has 3 N–H and O–H groups in total. The minimum Gasteiger partial charge on any atom is -0.505 e. The number of phenols is 1. The van der Waals surface area contributed by atoms with Crippen molar-refractivity contribution in [3.63, 3.8) is 0 Å². The molecule has 5 nitrogen and oxygen atoms in total. The molecule has 0 saturated carbocycles. The standard InChI is InChI=1S/C7H7F2NO4S/c8-5-1-4(3-14-15(10,12)13)7(11)6(9)2-5/h1-2,11H,3H2,(H2,10,12,13). The Balaban J connectivity index is 2.95. The predicted molar refractivity (Wildman–Crippen MR) is 45.9 cm³/mol. The summed E-state index contributed by atoms with van der Waals surface area (Å²) in [6, 6.07) is 1.19. The molecule has 1 aromatic rings. The topological polar surface area (TPSA) is 89.6 Å². The maximum Gasteiger partial charge on any atom is 0.333 e. The average Bonchev–Trinajstić information content (AvgIpc) is 2.07. The molecule has 0 spiro atoms. The molecule has 0 bridgehead atoms. The molecule has 84 valence electrons. The second kappa shape index (κ2) is 4.09. The van der Waals surface area contributed by atoms with E-state index in [-0.39, 0.29) is 5.56 Å². The van der Waals surface area contributed by atoms with Crippen LogP contribution in [0.2, 0.25) is 0 Å². The Morgan fingerprint density at radius 3 is 2.53 bits per heavy atom. The van der Waals surface area contributed by atoms with E-state index in [1.165, 1.54) is 0 Å². The minimum absolute atomic E-state index is 0.346. The summed E-state index contributed by atoms with van der Waals surface area (Å²) in [5, 5.41) is 13.6. The molecular weight excluding hydrogens is 232 g/mol. The lowest BCUT2D eigenvalue weighted by Gasteiger charge is -2.05. The Morgan fingerprint density at radius 1 is 1.40 bits per heavy atom. The molecule has 0 aliphatic carbocycles. The average molecular weight is 239 g/mol. The number of hydrogen-bond donors (Lipinski definition) is 2. The molecule has 0 aromatic heterocycles. The second-order valence-corrected chi connectivity index (χ2v) is 3.87. The van der Waals surface area contributed by atoms with E-state index in [0.717, 1.165) is 6.07 Å². The third kappa shape index (κ3) is 3.42. The van der Waals surface area contributed by atoms with Crippen molar-refractivity contribution in [3.05, 3.63) is 29.3 Å². The van der Waals surface area contributed by atoms with E-state index in [0.29, 0.717) is 6.07 Å². The van der Waals surface area contributed by atoms with Gasteiger partial charge >= 0.3 is 10.3 Å². The summed E-state index contributed by atoms with van der Waals surface area (Å²) in [4.78, 5) is 0. The molecule has 0 fully saturated rings. The summed E-state index contributed by atoms with van der Waals surface area (Å²) in [6.45, 7) is -0.737. The Morgan fingerprint density at radius 2 is 2.00 bits per heavy atom. The Hall–Kier alpha value is -1.25. The number of benzene rings is 1. The van der Waals surface area contributed by atoms with Gasteiger partial charge in [0.1, 0.15) is 5.82 Å². The van der Waals surface area contributed by atoms with Crippen LogP contribution in [0.1, 0.15) is 5.56 Å². The molecule has 15 heavy (non-hydrogen) atoms. The molecule has 8 heteroatoms. The molecule has 0 aliphatic heterocycles. The Bertz CT molecular complexity index is 474. The molecule has 0 saturated heterocycles. The summed E-state index contributed by atoms with van der Waals surface area (Å²) >= 11 is 0. The molecule has 1 rings (SSSR count). The maximum absolute atomic E-state index is 12.7. The zero-order valence-corrected chi connectivity index (χ0v) is 8.09. The van der Waals surface area contributed by atoms with Gasteiger partial charge in [-0.15, -0.1) is 0 Å². The number of aromatic hydroxyl groups is 1. The summed E-state index contributed by atoms with van der Waals surface area (Å²) in [5.41, 5.74) is -0.346. The number of hydrogen-bond acceptors (Lipinski definition) is 4. The summed E-state index contributed by atoms with van der Waals surface area (Å²) in [5.74, 6) is -3.04. The SMILES string of the molecule is NS(=O)(=O)OCc1cc(F)cc(F)c1O. The molecule has 0 heterocycles. The normalized spacial score (nSPS) is 11.7. The van der Waals surface area contributed by atoms with E-state index in [9.17, 15) is 17.2 Å². The first-order valence-corrected chi connectivity index (χ1v) is 5.11. The van der Waals surface area contributed by atoms with Gasteiger partial charge in [0.25, 0.3) is 0 Å². The van der Waals surface area contributed by atoms with E-state index in [1.807, 2.05) is 0 Å². The Kier molecular flexibility index (Phi) is 3.22. The van der Waals surface area contributed by atoms with Crippen LogP contribution in [0.3, 0.4) is 0 Å². The van der Waals surface area contributed by atoms with E-state index in [2.05, 4.69) is 9.32 Å². The third-order valence-corrected chi connectivity index (χ3v) is 1.93. The van der Waals surface area contributed by atoms with E-state index in [4.69, 9.17) is 5.11 Å². The van der Waals surface area contributed by atoms with E-state index in [1.54, 1.807) is 0 Å². The maximum atomic E-state index is 12.7. The molecule has 0 aliphatic rings. The smallest absolute Gasteiger partial charge is 0.333 e. The molecule has 0 radical (unpaired) electrons. The summed E-state index contributed by atoms with van der Waals surface area (Å²) in [7, 11) is -4.22. The minimum atomic E-state index is -4.22. The third-order valence-electron chi connectivity index (χ3n) is 1.49. The second-order valence-electron chi connectivity index (χ2n) is 2.65. The van der Waals surface area contributed by atoms with Crippen LogP contribution in [0.25, 0.3) is 0 Å². The molecule has 0 atom stereocenters. The largest absolute Gasteiger partial charge is 0.505 e. The van der Waals surface area contributed by atoms with Crippen molar-refractivity contribution < 1.29 is 26.5 Å². The highest BCUT2D eigenvalue weighted by Gasteiger charge is 2.12. The van der Waals surface area contributed by atoms with E-state index >= 15 is 0 Å². The molecule has 1 aromatic carbocycles. The van der Waals surface area contributed by atoms with Crippen LogP contribution in [0.5, 0.6) is 5.75 Å². The first-order valence-electron chi connectivity index (χ1n) is 3.63. The van der Waals surface area contributed by atoms with Crippen LogP contribution in [-0.4, -0.2) is 13.5 Å². The first kappa shape index (κ1) is 11.8. The summed E-state index contributed by atoms with van der Waals surface area (Å²) in [6.07, 6.45) is 0. The fourth-order valence-corrected chi connectivity index (χ4v) is 1.17. The van der Waals surface area contributed by atoms with Gasteiger partial charge in [0.2, 0.25) is 0 Å². The van der Waals surface area contributed by atoms with Crippen LogP contribution in [0.4, 0.5) is 8.78 Å². The van der Waals surface area contributed by atoms with Crippen LogP contribution < -0.4 is 5.14 Å². The van der Waals surface area contributed by atoms with Crippen LogP contribution in [0.15, 0.2) is 12.1 Å². The predicted octanol–water partition coefficient (Wildman–Crippen LogP) is 0.391. The first-order chi connectivity index (χ1) is 6.79. The highest BCUT2D eigenvalue weighted by atomic mass is 32.2. The lowest BCUT2D eigenvalue weighted by molar-refractivity contribution is 0.298. The van der Waals surface area contributed by atoms with Crippen molar-refractivity contribution in [2.75, 3.05) is 0 Å². The lowest BCUT2D eigenvalue weighted by atomic mass is 10.2. The highest BCUT2D eigenvalue weighted by Crippen LogP contribution is 2.23. The zero-order valence-electron chi connectivity index (χ0n) is 7.28. The van der Waals surface area contributed by atoms with Crippen LogP contribution in [0, 0.1) is 11.6 Å². The van der Waals surface area contributed by atoms with Gasteiger partial charge in [-0.05, 0) is 6.07 Å². The number of phenolic OH excluding ortho intramolecular Hbond substituents is 1. The van der Waals surface area contributed by atoms with Crippen LogP contribution in [-0.2, 0) is 21.1 Å². The molecule has 0 amide bonds. The van der Waals surface area contributed by atoms with E-state index < -0.39 is 34.3 Å². The van der Waals surface area contributed by atoms with Gasteiger partial charge < -0.3 is 5.11 Å². The van der Waals surface area contributed by atoms with Crippen molar-refractivity contribution in [1.82, 2.24) is 0 Å². The van der Waals surface area contributed by atoms with Crippen molar-refractivity contribution in [2.45, 2.75) is 6.61 Å². The van der Waals surface area contributed by atoms with Gasteiger partial charge in [-0.1, -0.05) is 0 Å². The number of rotatable bonds is 3. The fourth-order valence-electron chi connectivity index (χ4n) is 0.875. The van der Waals surface area contributed by atoms with Crippen molar-refractivity contribution in [2.24, 2.45) is 5.14 Å². The molecular formula is C7H7F2NO4S. The van der Waals surface area contributed by atoms with Gasteiger partial charge in [0.05, 0.1) is 6.61 Å². The zero-order chi connectivity index (χ0) is 11.6. The van der Waals surface area contributed by atoms with Gasteiger partial charge in [0.15, 0.2) is 11.6 Å². The van der Waals surface area contributed by atoms with Gasteiger partial charge in [-0.3, -0.25) is 4.18 Å². The fraction of sp³-hybridized carbons (Fsp3) is 0.143. The van der Waals surface area contributed by atoms with Crippen molar-refractivity contribution in [1.29, 1.82) is 0 Å². The molecule has 0 unspecified atom stereocenters. The van der Waals surface area contributed by atoms with Gasteiger partial charge in [0, 0.05) is 11.6 Å². The monoisotopic (exact) mass is 239 g/mol.